The lowest BCUT2D eigenvalue weighted by Crippen LogP contribution is -2.46. The zero-order chi connectivity index (χ0) is 17.9. The average molecular weight is 353 g/mol. The molecular weight excluding hydrogens is 326 g/mol. The number of sulfonamides is 1. The van der Waals surface area contributed by atoms with Gasteiger partial charge in [-0.15, -0.1) is 0 Å². The molecule has 1 amide bonds. The maximum absolute atomic E-state index is 12.6. The van der Waals surface area contributed by atoms with Gasteiger partial charge in [0, 0.05) is 13.1 Å². The minimum absolute atomic E-state index is 0.131. The van der Waals surface area contributed by atoms with Crippen LogP contribution in [-0.2, 0) is 14.8 Å². The van der Waals surface area contributed by atoms with Crippen molar-refractivity contribution in [3.63, 3.8) is 0 Å². The van der Waals surface area contributed by atoms with Gasteiger partial charge >= 0.3 is 0 Å². The second kappa shape index (κ2) is 7.63. The molecule has 2 rings (SSSR count). The zero-order valence-corrected chi connectivity index (χ0v) is 15.7. The molecule has 0 unspecified atom stereocenters. The molecule has 1 aliphatic heterocycles. The first-order valence-electron chi connectivity index (χ1n) is 8.21. The number of piperidine rings is 1. The number of carbonyl (C=O) groups excluding carboxylic acids is 1. The first-order chi connectivity index (χ1) is 11.2. The van der Waals surface area contributed by atoms with E-state index in [2.05, 4.69) is 17.3 Å². The van der Waals surface area contributed by atoms with Gasteiger partial charge in [-0.05, 0) is 70.1 Å². The van der Waals surface area contributed by atoms with Gasteiger partial charge in [0.25, 0.3) is 0 Å². The molecule has 0 aliphatic carbocycles. The Morgan fingerprint density at radius 1 is 1.25 bits per heavy atom. The smallest absolute Gasteiger partial charge is 0.243 e. The van der Waals surface area contributed by atoms with E-state index in [1.807, 2.05) is 13.8 Å². The van der Waals surface area contributed by atoms with Gasteiger partial charge < -0.3 is 10.2 Å². The van der Waals surface area contributed by atoms with Gasteiger partial charge in [-0.1, -0.05) is 6.07 Å². The molecule has 0 bridgehead atoms. The highest BCUT2D eigenvalue weighted by Crippen LogP contribution is 2.18. The fourth-order valence-electron chi connectivity index (χ4n) is 2.77. The van der Waals surface area contributed by atoms with Crippen LogP contribution in [0.4, 0.5) is 0 Å². The first-order valence-corrected chi connectivity index (χ1v) is 9.65. The van der Waals surface area contributed by atoms with Gasteiger partial charge in [-0.3, -0.25) is 4.79 Å². The summed E-state index contributed by atoms with van der Waals surface area (Å²) in [4.78, 5) is 14.6. The third kappa shape index (κ3) is 4.55. The quantitative estimate of drug-likeness (QED) is 0.862. The van der Waals surface area contributed by atoms with Gasteiger partial charge in [-0.2, -0.15) is 4.31 Å². The Morgan fingerprint density at radius 2 is 1.88 bits per heavy atom. The average Bonchev–Trinajstić information content (AvgIpc) is 2.52. The molecule has 0 saturated carbocycles. The molecule has 1 aliphatic rings. The Kier molecular flexibility index (Phi) is 6.01. The number of likely N-dealkylation sites (tertiary alicyclic amines) is 1. The molecule has 1 aromatic rings. The third-order valence-electron chi connectivity index (χ3n) is 4.64. The summed E-state index contributed by atoms with van der Waals surface area (Å²) < 4.78 is 26.3. The highest BCUT2D eigenvalue weighted by molar-refractivity contribution is 7.89. The van der Waals surface area contributed by atoms with E-state index in [1.54, 1.807) is 18.2 Å². The summed E-state index contributed by atoms with van der Waals surface area (Å²) in [6.07, 6.45) is 1.80. The number of likely N-dealkylation sites (N-methyl/N-ethyl adjacent to an activating group) is 1. The number of amides is 1. The third-order valence-corrected chi connectivity index (χ3v) is 6.44. The van der Waals surface area contributed by atoms with Crippen molar-refractivity contribution in [1.82, 2.24) is 14.5 Å². The van der Waals surface area contributed by atoms with E-state index < -0.39 is 10.0 Å². The van der Waals surface area contributed by atoms with Gasteiger partial charge in [0.1, 0.15) is 0 Å². The van der Waals surface area contributed by atoms with Gasteiger partial charge in [0.05, 0.1) is 11.4 Å². The summed E-state index contributed by atoms with van der Waals surface area (Å²) in [7, 11) is -0.158. The molecule has 24 heavy (non-hydrogen) atoms. The van der Waals surface area contributed by atoms with Crippen LogP contribution in [-0.4, -0.2) is 63.3 Å². The van der Waals surface area contributed by atoms with E-state index in [0.29, 0.717) is 0 Å². The van der Waals surface area contributed by atoms with Crippen LogP contribution in [0, 0.1) is 13.8 Å². The van der Waals surface area contributed by atoms with E-state index in [1.165, 1.54) is 7.05 Å². The summed E-state index contributed by atoms with van der Waals surface area (Å²) >= 11 is 0. The van der Waals surface area contributed by atoms with Crippen LogP contribution in [0.1, 0.15) is 24.0 Å². The lowest BCUT2D eigenvalue weighted by Gasteiger charge is -2.30. The zero-order valence-electron chi connectivity index (χ0n) is 14.9. The molecule has 134 valence electrons. The van der Waals surface area contributed by atoms with E-state index in [0.717, 1.165) is 41.4 Å². The molecule has 0 atom stereocenters. The number of hydrogen-bond acceptors (Lipinski definition) is 4. The van der Waals surface area contributed by atoms with E-state index >= 15 is 0 Å². The van der Waals surface area contributed by atoms with Crippen molar-refractivity contribution in [2.45, 2.75) is 37.6 Å². The van der Waals surface area contributed by atoms with Crippen LogP contribution in [0.15, 0.2) is 23.1 Å². The van der Waals surface area contributed by atoms with E-state index in [4.69, 9.17) is 0 Å². The second-order valence-corrected chi connectivity index (χ2v) is 8.70. The minimum Gasteiger partial charge on any atom is -0.352 e. The molecule has 0 spiro atoms. The molecule has 7 heteroatoms. The lowest BCUT2D eigenvalue weighted by molar-refractivity contribution is -0.122. The van der Waals surface area contributed by atoms with Crippen molar-refractivity contribution in [2.75, 3.05) is 33.7 Å². The molecule has 0 aromatic heterocycles. The summed E-state index contributed by atoms with van der Waals surface area (Å²) in [5.74, 6) is -0.250. The van der Waals surface area contributed by atoms with Crippen molar-refractivity contribution in [3.05, 3.63) is 29.3 Å². The molecule has 1 fully saturated rings. The highest BCUT2D eigenvalue weighted by Gasteiger charge is 2.25. The lowest BCUT2D eigenvalue weighted by atomic mass is 10.1. The van der Waals surface area contributed by atoms with Crippen molar-refractivity contribution in [1.29, 1.82) is 0 Å². The first kappa shape index (κ1) is 18.9. The van der Waals surface area contributed by atoms with Crippen molar-refractivity contribution in [2.24, 2.45) is 0 Å². The Hall–Kier alpha value is -1.44. The standard InChI is InChI=1S/C17H27N3O3S/c1-13-5-6-16(11-14(13)2)24(22,23)20(4)12-17(21)18-15-7-9-19(3)10-8-15/h5-6,11,15H,7-10,12H2,1-4H3,(H,18,21). The van der Waals surface area contributed by atoms with E-state index in [-0.39, 0.29) is 23.4 Å². The fourth-order valence-corrected chi connectivity index (χ4v) is 3.98. The maximum Gasteiger partial charge on any atom is 0.243 e. The van der Waals surface area contributed by atoms with Crippen molar-refractivity contribution < 1.29 is 13.2 Å². The van der Waals surface area contributed by atoms with Crippen LogP contribution >= 0.6 is 0 Å². The van der Waals surface area contributed by atoms with E-state index in [9.17, 15) is 13.2 Å². The molecule has 0 radical (unpaired) electrons. The normalized spacial score (nSPS) is 17.2. The molecule has 1 heterocycles. The summed E-state index contributed by atoms with van der Waals surface area (Å²) in [6.45, 7) is 5.54. The Bertz CT molecular complexity index is 695. The highest BCUT2D eigenvalue weighted by atomic mass is 32.2. The predicted octanol–water partition coefficient (Wildman–Crippen LogP) is 1.13. The number of aryl methyl sites for hydroxylation is 2. The number of rotatable bonds is 5. The Morgan fingerprint density at radius 3 is 2.46 bits per heavy atom. The van der Waals surface area contributed by atoms with Gasteiger partial charge in [0.2, 0.25) is 15.9 Å². The van der Waals surface area contributed by atoms with Crippen LogP contribution in [0.5, 0.6) is 0 Å². The van der Waals surface area contributed by atoms with Crippen LogP contribution < -0.4 is 5.32 Å². The maximum atomic E-state index is 12.6. The molecule has 6 nitrogen and oxygen atoms in total. The number of nitrogens with zero attached hydrogens (tertiary/aromatic N) is 2. The van der Waals surface area contributed by atoms with Crippen molar-refractivity contribution in [3.8, 4) is 0 Å². The van der Waals surface area contributed by atoms with Crippen LogP contribution in [0.25, 0.3) is 0 Å². The second-order valence-electron chi connectivity index (χ2n) is 6.65. The minimum atomic E-state index is -3.66. The topological polar surface area (TPSA) is 69.7 Å². The summed E-state index contributed by atoms with van der Waals surface area (Å²) in [5, 5.41) is 2.94. The summed E-state index contributed by atoms with van der Waals surface area (Å²) in [5.41, 5.74) is 1.96. The Labute approximate surface area is 144 Å². The van der Waals surface area contributed by atoms with Gasteiger partial charge in [-0.25, -0.2) is 8.42 Å². The number of benzene rings is 1. The monoisotopic (exact) mass is 353 g/mol. The molecule has 1 saturated heterocycles. The number of hydrogen-bond donors (Lipinski definition) is 1. The number of nitrogens with one attached hydrogen (secondary N) is 1. The van der Waals surface area contributed by atoms with Crippen LogP contribution in [0.3, 0.4) is 0 Å². The fraction of sp³-hybridized carbons (Fsp3) is 0.588. The molecule has 1 N–H and O–H groups in total. The Balaban J connectivity index is 1.98. The van der Waals surface area contributed by atoms with Crippen LogP contribution in [0.2, 0.25) is 0 Å². The SMILES string of the molecule is Cc1ccc(S(=O)(=O)N(C)CC(=O)NC2CCN(C)CC2)cc1C. The summed E-state index contributed by atoms with van der Waals surface area (Å²) in [6, 6.07) is 5.15. The number of carbonyl (C=O) groups is 1. The molecule has 1 aromatic carbocycles. The molecular formula is C17H27N3O3S. The van der Waals surface area contributed by atoms with Gasteiger partial charge in [0.15, 0.2) is 0 Å². The van der Waals surface area contributed by atoms with Crippen molar-refractivity contribution >= 4 is 15.9 Å². The predicted molar refractivity (Wildman–Crippen MR) is 94.4 cm³/mol. The largest absolute Gasteiger partial charge is 0.352 e.